The second-order valence-electron chi connectivity index (χ2n) is 5.01. The van der Waals surface area contributed by atoms with E-state index in [0.29, 0.717) is 23.0 Å². The molecule has 112 valence electrons. The van der Waals surface area contributed by atoms with Gasteiger partial charge in [0.2, 0.25) is 0 Å². The predicted molar refractivity (Wildman–Crippen MR) is 85.7 cm³/mol. The van der Waals surface area contributed by atoms with Crippen molar-refractivity contribution in [2.24, 2.45) is 0 Å². The molecule has 3 aromatic rings. The maximum atomic E-state index is 9.55. The van der Waals surface area contributed by atoms with E-state index in [2.05, 4.69) is 9.97 Å². The Morgan fingerprint density at radius 2 is 1.95 bits per heavy atom. The van der Waals surface area contributed by atoms with Crippen molar-refractivity contribution in [3.63, 3.8) is 0 Å². The Bertz CT molecular complexity index is 839. The molecule has 2 heterocycles. The van der Waals surface area contributed by atoms with Gasteiger partial charge in [-0.2, -0.15) is 0 Å². The van der Waals surface area contributed by atoms with Crippen molar-refractivity contribution in [1.29, 1.82) is 0 Å². The van der Waals surface area contributed by atoms with E-state index in [1.54, 1.807) is 12.1 Å². The molecule has 22 heavy (non-hydrogen) atoms. The second-order valence-corrected chi connectivity index (χ2v) is 5.42. The van der Waals surface area contributed by atoms with Gasteiger partial charge in [-0.25, -0.2) is 9.97 Å². The number of nitrogen functional groups attached to an aromatic ring is 1. The van der Waals surface area contributed by atoms with E-state index in [1.165, 1.54) is 12.3 Å². The fourth-order valence-corrected chi connectivity index (χ4v) is 2.31. The molecule has 6 heteroatoms. The fourth-order valence-electron chi connectivity index (χ4n) is 2.13. The lowest BCUT2D eigenvalue weighted by Gasteiger charge is -2.08. The summed E-state index contributed by atoms with van der Waals surface area (Å²) in [5.74, 6) is 1.72. The van der Waals surface area contributed by atoms with Crippen LogP contribution < -0.4 is 5.73 Å². The van der Waals surface area contributed by atoms with E-state index < -0.39 is 0 Å². The van der Waals surface area contributed by atoms with E-state index in [9.17, 15) is 5.11 Å². The van der Waals surface area contributed by atoms with Crippen molar-refractivity contribution in [3.05, 3.63) is 46.8 Å². The molecule has 0 aliphatic heterocycles. The first-order chi connectivity index (χ1) is 10.5. The summed E-state index contributed by atoms with van der Waals surface area (Å²) >= 11 is 5.98. The summed E-state index contributed by atoms with van der Waals surface area (Å²) < 4.78 is 5.73. The molecule has 0 bridgehead atoms. The number of phenolic OH excluding ortho intramolecular Hbond substituents is 1. The fraction of sp³-hybridized carbons (Fsp3) is 0.125. The molecule has 0 radical (unpaired) electrons. The van der Waals surface area contributed by atoms with Crippen molar-refractivity contribution < 1.29 is 9.52 Å². The van der Waals surface area contributed by atoms with Crippen molar-refractivity contribution >= 4 is 17.4 Å². The Morgan fingerprint density at radius 3 is 2.59 bits per heavy atom. The van der Waals surface area contributed by atoms with E-state index in [0.717, 1.165) is 16.9 Å². The summed E-state index contributed by atoms with van der Waals surface area (Å²) in [6, 6.07) is 6.75. The smallest absolute Gasteiger partial charge is 0.155 e. The van der Waals surface area contributed by atoms with Crippen molar-refractivity contribution in [3.8, 4) is 28.5 Å². The van der Waals surface area contributed by atoms with Gasteiger partial charge in [-0.15, -0.1) is 0 Å². The normalized spacial score (nSPS) is 10.9. The van der Waals surface area contributed by atoms with Crippen LogP contribution in [-0.2, 0) is 0 Å². The van der Waals surface area contributed by atoms with Crippen LogP contribution >= 0.6 is 11.6 Å². The van der Waals surface area contributed by atoms with Crippen molar-refractivity contribution in [2.75, 3.05) is 5.73 Å². The summed E-state index contributed by atoms with van der Waals surface area (Å²) in [6.07, 6.45) is 1.47. The van der Waals surface area contributed by atoms with Crippen molar-refractivity contribution in [1.82, 2.24) is 9.97 Å². The first kappa shape index (κ1) is 14.4. The van der Waals surface area contributed by atoms with Crippen molar-refractivity contribution in [2.45, 2.75) is 13.8 Å². The Kier molecular flexibility index (Phi) is 3.50. The zero-order valence-corrected chi connectivity index (χ0v) is 12.8. The molecular formula is C16H14ClN3O2. The molecule has 1 aromatic carbocycles. The number of halogens is 1. The Labute approximate surface area is 132 Å². The number of hydrogen-bond acceptors (Lipinski definition) is 5. The first-order valence-electron chi connectivity index (χ1n) is 6.64. The summed E-state index contributed by atoms with van der Waals surface area (Å²) in [5.41, 5.74) is 8.63. The number of nitrogens with zero attached hydrogens (tertiary/aromatic N) is 2. The third-order valence-electron chi connectivity index (χ3n) is 3.41. The molecule has 0 spiro atoms. The Balaban J connectivity index is 2.21. The van der Waals surface area contributed by atoms with Crippen LogP contribution in [-0.4, -0.2) is 15.1 Å². The number of phenols is 1. The first-order valence-corrected chi connectivity index (χ1v) is 7.02. The predicted octanol–water partition coefficient (Wildman–Crippen LogP) is 3.96. The standard InChI is InChI=1S/C16H14ClN3O2/c1-8-5-13(22-9(8)2)16-15(19-7-14(18)20-16)10-3-4-12(21)11(17)6-10/h3-7,21H,1-2H3,(H2,18,20). The molecule has 5 nitrogen and oxygen atoms in total. The lowest BCUT2D eigenvalue weighted by molar-refractivity contribution is 0.475. The minimum atomic E-state index is 0.0139. The number of aryl methyl sites for hydroxylation is 2. The Morgan fingerprint density at radius 1 is 1.18 bits per heavy atom. The molecular weight excluding hydrogens is 302 g/mol. The van der Waals surface area contributed by atoms with Gasteiger partial charge < -0.3 is 15.3 Å². The molecule has 0 aliphatic carbocycles. The summed E-state index contributed by atoms with van der Waals surface area (Å²) in [6.45, 7) is 3.84. The van der Waals surface area contributed by atoms with Gasteiger partial charge >= 0.3 is 0 Å². The van der Waals surface area contributed by atoms with E-state index in [4.69, 9.17) is 21.8 Å². The largest absolute Gasteiger partial charge is 0.506 e. The van der Waals surface area contributed by atoms with Gasteiger partial charge in [0.15, 0.2) is 5.76 Å². The van der Waals surface area contributed by atoms with E-state index in [1.807, 2.05) is 19.9 Å². The number of aromatic nitrogens is 2. The Hall–Kier alpha value is -2.53. The monoisotopic (exact) mass is 315 g/mol. The minimum absolute atomic E-state index is 0.0139. The lowest BCUT2D eigenvalue weighted by atomic mass is 10.1. The number of aromatic hydroxyl groups is 1. The summed E-state index contributed by atoms with van der Waals surface area (Å²) in [5, 5.41) is 9.80. The molecule has 2 aromatic heterocycles. The van der Waals surface area contributed by atoms with Crippen LogP contribution in [0.1, 0.15) is 11.3 Å². The maximum absolute atomic E-state index is 9.55. The van der Waals surface area contributed by atoms with Gasteiger partial charge in [0.05, 0.1) is 16.9 Å². The highest BCUT2D eigenvalue weighted by Gasteiger charge is 2.16. The second kappa shape index (κ2) is 5.35. The van der Waals surface area contributed by atoms with E-state index >= 15 is 0 Å². The van der Waals surface area contributed by atoms with Crippen LogP contribution in [0.2, 0.25) is 5.02 Å². The van der Waals surface area contributed by atoms with Crippen LogP contribution in [0.4, 0.5) is 5.82 Å². The number of hydrogen-bond donors (Lipinski definition) is 2. The molecule has 0 amide bonds. The zero-order valence-electron chi connectivity index (χ0n) is 12.1. The molecule has 0 aliphatic rings. The molecule has 3 N–H and O–H groups in total. The quantitative estimate of drug-likeness (QED) is 0.747. The minimum Gasteiger partial charge on any atom is -0.506 e. The average molecular weight is 316 g/mol. The van der Waals surface area contributed by atoms with E-state index in [-0.39, 0.29) is 10.8 Å². The topological polar surface area (TPSA) is 85.2 Å². The zero-order chi connectivity index (χ0) is 15.9. The maximum Gasteiger partial charge on any atom is 0.155 e. The van der Waals surface area contributed by atoms with Crippen LogP contribution in [0.25, 0.3) is 22.7 Å². The van der Waals surface area contributed by atoms with Gasteiger partial charge in [-0.05, 0) is 43.7 Å². The van der Waals surface area contributed by atoms with Crippen LogP contribution in [0, 0.1) is 13.8 Å². The third-order valence-corrected chi connectivity index (χ3v) is 3.71. The van der Waals surface area contributed by atoms with Gasteiger partial charge in [-0.3, -0.25) is 0 Å². The highest BCUT2D eigenvalue weighted by molar-refractivity contribution is 6.32. The lowest BCUT2D eigenvalue weighted by Crippen LogP contribution is -1.97. The molecule has 0 saturated carbocycles. The molecule has 0 saturated heterocycles. The molecule has 0 unspecified atom stereocenters. The van der Waals surface area contributed by atoms with Crippen LogP contribution in [0.5, 0.6) is 5.75 Å². The number of anilines is 1. The van der Waals surface area contributed by atoms with Gasteiger partial charge in [0.25, 0.3) is 0 Å². The van der Waals surface area contributed by atoms with Gasteiger partial charge in [0, 0.05) is 5.56 Å². The number of rotatable bonds is 2. The summed E-state index contributed by atoms with van der Waals surface area (Å²) in [7, 11) is 0. The number of benzene rings is 1. The number of nitrogens with two attached hydrogens (primary N) is 1. The molecule has 0 atom stereocenters. The highest BCUT2D eigenvalue weighted by atomic mass is 35.5. The average Bonchev–Trinajstić information content (AvgIpc) is 2.82. The van der Waals surface area contributed by atoms with Gasteiger partial charge in [0.1, 0.15) is 23.0 Å². The molecule has 3 rings (SSSR count). The number of furan rings is 1. The van der Waals surface area contributed by atoms with Crippen LogP contribution in [0.3, 0.4) is 0 Å². The third kappa shape index (κ3) is 2.51. The van der Waals surface area contributed by atoms with Gasteiger partial charge in [-0.1, -0.05) is 11.6 Å². The highest BCUT2D eigenvalue weighted by Crippen LogP contribution is 2.34. The van der Waals surface area contributed by atoms with Crippen LogP contribution in [0.15, 0.2) is 34.9 Å². The summed E-state index contributed by atoms with van der Waals surface area (Å²) in [4.78, 5) is 8.69. The molecule has 0 fully saturated rings. The SMILES string of the molecule is Cc1cc(-c2nc(N)cnc2-c2ccc(O)c(Cl)c2)oc1C.